The average Bonchev–Trinajstić information content (AvgIpc) is 2.17. The van der Waals surface area contributed by atoms with E-state index in [1.54, 1.807) is 24.3 Å². The first-order valence-corrected chi connectivity index (χ1v) is 5.71. The van der Waals surface area contributed by atoms with Crippen LogP contribution in [0.3, 0.4) is 0 Å². The van der Waals surface area contributed by atoms with E-state index in [4.69, 9.17) is 14.4 Å². The second-order valence-electron chi connectivity index (χ2n) is 3.02. The molecule has 0 aliphatic heterocycles. The predicted octanol–water partition coefficient (Wildman–Crippen LogP) is 0.444. The van der Waals surface area contributed by atoms with Gasteiger partial charge in [-0.25, -0.2) is 0 Å². The van der Waals surface area contributed by atoms with Crippen LogP contribution in [0.5, 0.6) is 5.75 Å². The zero-order valence-corrected chi connectivity index (χ0v) is 8.94. The van der Waals surface area contributed by atoms with E-state index >= 15 is 0 Å². The van der Waals surface area contributed by atoms with Crippen molar-refractivity contribution in [2.45, 2.75) is 11.9 Å². The molecule has 0 aromatic heterocycles. The number of hydrogen-bond donors (Lipinski definition) is 2. The Balaban J connectivity index is 2.74. The normalized spacial score (nSPS) is 13.5. The summed E-state index contributed by atoms with van der Waals surface area (Å²) in [7, 11) is -2.88. The molecule has 0 radical (unpaired) electrons. The van der Waals surface area contributed by atoms with Gasteiger partial charge in [0.2, 0.25) is 0 Å². The van der Waals surface area contributed by atoms with Gasteiger partial charge in [-0.05, 0) is 17.7 Å². The maximum Gasteiger partial charge on any atom is 0.292 e. The van der Waals surface area contributed by atoms with Crippen molar-refractivity contribution in [3.05, 3.63) is 29.8 Å². The van der Waals surface area contributed by atoms with Crippen molar-refractivity contribution < 1.29 is 22.8 Å². The molecule has 0 spiro atoms. The Labute approximate surface area is 88.1 Å². The predicted molar refractivity (Wildman–Crippen MR) is 54.3 cm³/mol. The van der Waals surface area contributed by atoms with E-state index in [0.717, 1.165) is 0 Å². The first-order chi connectivity index (χ1) is 6.93. The van der Waals surface area contributed by atoms with Crippen LogP contribution in [0, 0.1) is 0 Å². The topological polar surface area (TPSA) is 83.8 Å². The molecule has 1 aromatic rings. The van der Waals surface area contributed by atoms with Gasteiger partial charge in [-0.2, -0.15) is 8.42 Å². The van der Waals surface area contributed by atoms with Crippen molar-refractivity contribution in [2.75, 3.05) is 7.11 Å². The van der Waals surface area contributed by atoms with Gasteiger partial charge < -0.3 is 9.84 Å². The van der Waals surface area contributed by atoms with Crippen LogP contribution in [0.25, 0.3) is 0 Å². The maximum atomic E-state index is 10.5. The quantitative estimate of drug-likeness (QED) is 0.736. The van der Waals surface area contributed by atoms with E-state index in [9.17, 15) is 8.42 Å². The van der Waals surface area contributed by atoms with E-state index in [0.29, 0.717) is 11.3 Å². The highest BCUT2D eigenvalue weighted by Crippen LogP contribution is 2.13. The van der Waals surface area contributed by atoms with Crippen molar-refractivity contribution in [2.24, 2.45) is 0 Å². The summed E-state index contributed by atoms with van der Waals surface area (Å²) in [6, 6.07) is 6.53. The molecule has 0 unspecified atom stereocenters. The lowest BCUT2D eigenvalue weighted by Gasteiger charge is -2.07. The largest absolute Gasteiger partial charge is 0.497 e. The highest BCUT2D eigenvalue weighted by Gasteiger charge is 2.19. The summed E-state index contributed by atoms with van der Waals surface area (Å²) in [4.78, 5) is 0. The Hall–Kier alpha value is -1.11. The van der Waals surface area contributed by atoms with Crippen LogP contribution >= 0.6 is 0 Å². The number of aliphatic hydroxyl groups is 1. The molecule has 5 nitrogen and oxygen atoms in total. The van der Waals surface area contributed by atoms with Gasteiger partial charge in [0.15, 0.2) is 5.44 Å². The minimum Gasteiger partial charge on any atom is -0.497 e. The van der Waals surface area contributed by atoms with Gasteiger partial charge in [0.1, 0.15) is 5.75 Å². The third-order valence-corrected chi connectivity index (χ3v) is 2.77. The van der Waals surface area contributed by atoms with Crippen LogP contribution in [0.1, 0.15) is 5.56 Å². The van der Waals surface area contributed by atoms with Gasteiger partial charge >= 0.3 is 0 Å². The van der Waals surface area contributed by atoms with Gasteiger partial charge in [-0.15, -0.1) is 0 Å². The average molecular weight is 232 g/mol. The highest BCUT2D eigenvalue weighted by atomic mass is 32.2. The van der Waals surface area contributed by atoms with Crippen molar-refractivity contribution in [3.63, 3.8) is 0 Å². The van der Waals surface area contributed by atoms with E-state index in [2.05, 4.69) is 0 Å². The zero-order valence-electron chi connectivity index (χ0n) is 8.12. The maximum absolute atomic E-state index is 10.5. The molecule has 0 saturated carbocycles. The number of rotatable bonds is 4. The van der Waals surface area contributed by atoms with Crippen LogP contribution in [0.2, 0.25) is 0 Å². The van der Waals surface area contributed by atoms with Gasteiger partial charge in [0.05, 0.1) is 7.11 Å². The molecule has 1 atom stereocenters. The molecule has 0 bridgehead atoms. The molecule has 0 aliphatic rings. The molecule has 0 amide bonds. The fourth-order valence-electron chi connectivity index (χ4n) is 1.07. The van der Waals surface area contributed by atoms with Crippen molar-refractivity contribution in [1.29, 1.82) is 0 Å². The molecule has 15 heavy (non-hydrogen) atoms. The van der Waals surface area contributed by atoms with Gasteiger partial charge in [-0.3, -0.25) is 4.55 Å². The molecule has 0 saturated heterocycles. The van der Waals surface area contributed by atoms with Gasteiger partial charge in [-0.1, -0.05) is 12.1 Å². The molecule has 0 heterocycles. The monoisotopic (exact) mass is 232 g/mol. The number of ether oxygens (including phenoxy) is 1. The van der Waals surface area contributed by atoms with Crippen molar-refractivity contribution >= 4 is 10.1 Å². The minimum atomic E-state index is -4.39. The Morgan fingerprint density at radius 3 is 2.27 bits per heavy atom. The fraction of sp³-hybridized carbons (Fsp3) is 0.333. The third kappa shape index (κ3) is 3.50. The Bertz CT molecular complexity index is 409. The summed E-state index contributed by atoms with van der Waals surface area (Å²) >= 11 is 0. The molecular weight excluding hydrogens is 220 g/mol. The van der Waals surface area contributed by atoms with Crippen molar-refractivity contribution in [1.82, 2.24) is 0 Å². The Kier molecular flexibility index (Phi) is 3.67. The van der Waals surface area contributed by atoms with Crippen LogP contribution in [0.4, 0.5) is 0 Å². The number of hydrogen-bond acceptors (Lipinski definition) is 4. The molecule has 0 aliphatic carbocycles. The molecule has 2 N–H and O–H groups in total. The summed E-state index contributed by atoms with van der Waals surface area (Å²) in [5, 5.41) is 9.10. The summed E-state index contributed by atoms with van der Waals surface area (Å²) in [6.07, 6.45) is -0.150. The second-order valence-corrected chi connectivity index (χ2v) is 4.60. The number of methoxy groups -OCH3 is 1. The minimum absolute atomic E-state index is 0.150. The van der Waals surface area contributed by atoms with Crippen molar-refractivity contribution in [3.8, 4) is 5.75 Å². The zero-order chi connectivity index (χ0) is 11.5. The van der Waals surface area contributed by atoms with Gasteiger partial charge in [0.25, 0.3) is 10.1 Å². The molecule has 6 heteroatoms. The smallest absolute Gasteiger partial charge is 0.292 e. The van der Waals surface area contributed by atoms with Crippen LogP contribution < -0.4 is 4.74 Å². The van der Waals surface area contributed by atoms with Gasteiger partial charge in [0, 0.05) is 6.42 Å². The van der Waals surface area contributed by atoms with Crippen LogP contribution in [0.15, 0.2) is 24.3 Å². The van der Waals surface area contributed by atoms with Crippen LogP contribution in [-0.4, -0.2) is 30.6 Å². The van der Waals surface area contributed by atoms with E-state index in [1.165, 1.54) is 7.11 Å². The van der Waals surface area contributed by atoms with E-state index in [1.807, 2.05) is 0 Å². The summed E-state index contributed by atoms with van der Waals surface area (Å²) in [5.74, 6) is 0.639. The summed E-state index contributed by atoms with van der Waals surface area (Å²) in [6.45, 7) is 0. The SMILES string of the molecule is COc1ccc(C[C@@H](O)S(=O)(=O)O)cc1. The lowest BCUT2D eigenvalue weighted by Crippen LogP contribution is -2.22. The van der Waals surface area contributed by atoms with E-state index < -0.39 is 15.6 Å². The lowest BCUT2D eigenvalue weighted by atomic mass is 10.1. The number of aliphatic hydroxyl groups excluding tert-OH is 1. The Morgan fingerprint density at radius 1 is 1.33 bits per heavy atom. The number of benzene rings is 1. The summed E-state index contributed by atoms with van der Waals surface area (Å²) < 4.78 is 34.5. The molecule has 1 rings (SSSR count). The molecule has 1 aromatic carbocycles. The Morgan fingerprint density at radius 2 is 1.87 bits per heavy atom. The molecule has 0 fully saturated rings. The third-order valence-electron chi connectivity index (χ3n) is 1.91. The highest BCUT2D eigenvalue weighted by molar-refractivity contribution is 7.86. The first kappa shape index (κ1) is 12.0. The molecular formula is C9H12O5S. The first-order valence-electron chi connectivity index (χ1n) is 4.21. The van der Waals surface area contributed by atoms with Crippen LogP contribution in [-0.2, 0) is 16.5 Å². The fourth-order valence-corrected chi connectivity index (χ4v) is 1.47. The molecule has 84 valence electrons. The summed E-state index contributed by atoms with van der Waals surface area (Å²) in [5.41, 5.74) is -1.19. The lowest BCUT2D eigenvalue weighted by molar-refractivity contribution is 0.233. The van der Waals surface area contributed by atoms with E-state index in [-0.39, 0.29) is 6.42 Å². The standard InChI is InChI=1S/C9H12O5S/c1-14-8-4-2-7(3-5-8)6-9(10)15(11,12)13/h2-5,9-10H,6H2,1H3,(H,11,12,13)/t9-/m0/s1. The second kappa shape index (κ2) is 4.61.